The highest BCUT2D eigenvalue weighted by Gasteiger charge is 2.32. The van der Waals surface area contributed by atoms with E-state index in [1.165, 1.54) is 11.9 Å². The number of nitrogens with two attached hydrogens (primary N) is 1. The Morgan fingerprint density at radius 2 is 2.20 bits per heavy atom. The predicted molar refractivity (Wildman–Crippen MR) is 78.3 cm³/mol. The minimum Gasteiger partial charge on any atom is -0.399 e. The van der Waals surface area contributed by atoms with Crippen molar-refractivity contribution in [3.8, 4) is 0 Å². The zero-order chi connectivity index (χ0) is 14.7. The van der Waals surface area contributed by atoms with Gasteiger partial charge in [-0.1, -0.05) is 15.9 Å². The van der Waals surface area contributed by atoms with Crippen molar-refractivity contribution >= 4 is 33.4 Å². The molecule has 1 aromatic rings. The fourth-order valence-electron chi connectivity index (χ4n) is 2.13. The summed E-state index contributed by atoms with van der Waals surface area (Å²) in [6.45, 7) is 1.00. The smallest absolute Gasteiger partial charge is 0.254 e. The molecule has 1 aliphatic heterocycles. The van der Waals surface area contributed by atoms with Gasteiger partial charge in [0.05, 0.1) is 13.2 Å². The summed E-state index contributed by atoms with van der Waals surface area (Å²) >= 11 is 3.31. The maximum atomic E-state index is 12.5. The molecule has 1 saturated heterocycles. The number of morpholine rings is 1. The van der Waals surface area contributed by atoms with Gasteiger partial charge in [0.15, 0.2) is 0 Å². The zero-order valence-electron chi connectivity index (χ0n) is 11.1. The Balaban J connectivity index is 2.27. The maximum Gasteiger partial charge on any atom is 0.254 e. The average molecular weight is 342 g/mol. The van der Waals surface area contributed by atoms with Crippen LogP contribution in [0.15, 0.2) is 22.7 Å². The highest BCUT2D eigenvalue weighted by Crippen LogP contribution is 2.20. The molecule has 1 atom stereocenters. The van der Waals surface area contributed by atoms with E-state index in [1.807, 2.05) is 0 Å². The van der Waals surface area contributed by atoms with E-state index >= 15 is 0 Å². The van der Waals surface area contributed by atoms with E-state index in [2.05, 4.69) is 21.2 Å². The summed E-state index contributed by atoms with van der Waals surface area (Å²) in [5.41, 5.74) is 6.69. The first-order valence-electron chi connectivity index (χ1n) is 6.19. The number of hydrogen-bond acceptors (Lipinski definition) is 4. The van der Waals surface area contributed by atoms with Crippen molar-refractivity contribution < 1.29 is 14.3 Å². The second kappa shape index (κ2) is 6.23. The highest BCUT2D eigenvalue weighted by atomic mass is 79.9. The van der Waals surface area contributed by atoms with Gasteiger partial charge < -0.3 is 20.7 Å². The Bertz CT molecular complexity index is 515. The number of ether oxygens (including phenoxy) is 1. The number of nitrogens with zero attached hydrogens (tertiary/aromatic N) is 1. The monoisotopic (exact) mass is 341 g/mol. The average Bonchev–Trinajstić information content (AvgIpc) is 2.44. The second-order valence-electron chi connectivity index (χ2n) is 4.48. The van der Waals surface area contributed by atoms with Gasteiger partial charge in [0, 0.05) is 29.3 Å². The lowest BCUT2D eigenvalue weighted by Gasteiger charge is -2.34. The Labute approximate surface area is 125 Å². The fraction of sp³-hybridized carbons (Fsp3) is 0.385. The molecule has 6 nitrogen and oxygen atoms in total. The van der Waals surface area contributed by atoms with E-state index in [-0.39, 0.29) is 18.4 Å². The molecular weight excluding hydrogens is 326 g/mol. The van der Waals surface area contributed by atoms with Crippen LogP contribution >= 0.6 is 15.9 Å². The molecule has 0 saturated carbocycles. The molecule has 1 unspecified atom stereocenters. The topological polar surface area (TPSA) is 84.7 Å². The Morgan fingerprint density at radius 3 is 2.85 bits per heavy atom. The Morgan fingerprint density at radius 1 is 1.45 bits per heavy atom. The number of nitrogen functional groups attached to an aromatic ring is 1. The number of anilines is 1. The summed E-state index contributed by atoms with van der Waals surface area (Å²) in [6, 6.07) is 4.40. The third-order valence-electron chi connectivity index (χ3n) is 3.11. The van der Waals surface area contributed by atoms with Crippen LogP contribution in [0.3, 0.4) is 0 Å². The second-order valence-corrected chi connectivity index (χ2v) is 5.39. The molecular formula is C13H16BrN3O3. The van der Waals surface area contributed by atoms with Crippen molar-refractivity contribution in [1.29, 1.82) is 0 Å². The minimum absolute atomic E-state index is 0.203. The first-order valence-corrected chi connectivity index (χ1v) is 6.98. The third kappa shape index (κ3) is 3.10. The normalized spacial score (nSPS) is 18.7. The summed E-state index contributed by atoms with van der Waals surface area (Å²) in [7, 11) is 1.54. The van der Waals surface area contributed by atoms with Crippen LogP contribution in [-0.4, -0.2) is 49.6 Å². The van der Waals surface area contributed by atoms with Gasteiger partial charge in [0.2, 0.25) is 5.91 Å². The van der Waals surface area contributed by atoms with E-state index in [1.54, 1.807) is 18.2 Å². The quantitative estimate of drug-likeness (QED) is 0.772. The van der Waals surface area contributed by atoms with Crippen molar-refractivity contribution in [1.82, 2.24) is 10.2 Å². The largest absolute Gasteiger partial charge is 0.399 e. The Kier molecular flexibility index (Phi) is 4.61. The van der Waals surface area contributed by atoms with Crippen molar-refractivity contribution in [3.05, 3.63) is 28.2 Å². The molecule has 1 aromatic carbocycles. The van der Waals surface area contributed by atoms with Gasteiger partial charge in [-0.2, -0.15) is 0 Å². The molecule has 1 heterocycles. The van der Waals surface area contributed by atoms with Gasteiger partial charge in [0.1, 0.15) is 6.04 Å². The molecule has 1 aliphatic rings. The van der Waals surface area contributed by atoms with Gasteiger partial charge in [0.25, 0.3) is 5.91 Å². The molecule has 0 aliphatic carbocycles. The predicted octanol–water partition coefficient (Wildman–Crippen LogP) is 0.618. The first kappa shape index (κ1) is 14.8. The van der Waals surface area contributed by atoms with Crippen molar-refractivity contribution in [3.63, 3.8) is 0 Å². The minimum atomic E-state index is -0.610. The molecule has 20 heavy (non-hydrogen) atoms. The van der Waals surface area contributed by atoms with Crippen molar-refractivity contribution in [2.75, 3.05) is 32.5 Å². The lowest BCUT2D eigenvalue weighted by molar-refractivity contribution is -0.130. The third-order valence-corrected chi connectivity index (χ3v) is 3.56. The molecule has 7 heteroatoms. The summed E-state index contributed by atoms with van der Waals surface area (Å²) in [5.74, 6) is -0.462. The van der Waals surface area contributed by atoms with Gasteiger partial charge in [-0.05, 0) is 18.2 Å². The van der Waals surface area contributed by atoms with E-state index in [4.69, 9.17) is 10.5 Å². The van der Waals surface area contributed by atoms with Gasteiger partial charge in [-0.3, -0.25) is 9.59 Å². The Hall–Kier alpha value is -1.60. The van der Waals surface area contributed by atoms with E-state index in [9.17, 15) is 9.59 Å². The number of hydrogen-bond donors (Lipinski definition) is 2. The number of rotatable bonds is 2. The van der Waals surface area contributed by atoms with Gasteiger partial charge >= 0.3 is 0 Å². The van der Waals surface area contributed by atoms with Crippen LogP contribution < -0.4 is 11.1 Å². The standard InChI is InChI=1S/C13H16BrN3O3/c1-16-12(18)11-7-20-3-2-17(11)13(19)8-4-9(14)6-10(15)5-8/h4-6,11H,2-3,7,15H2,1H3,(H,16,18). The van der Waals surface area contributed by atoms with E-state index < -0.39 is 6.04 Å². The highest BCUT2D eigenvalue weighted by molar-refractivity contribution is 9.10. The summed E-state index contributed by atoms with van der Waals surface area (Å²) in [4.78, 5) is 25.9. The number of carbonyl (C=O) groups is 2. The summed E-state index contributed by atoms with van der Waals surface area (Å²) < 4.78 is 6.01. The van der Waals surface area contributed by atoms with E-state index in [0.717, 1.165) is 4.47 Å². The van der Waals surface area contributed by atoms with Crippen molar-refractivity contribution in [2.24, 2.45) is 0 Å². The van der Waals surface area contributed by atoms with Crippen LogP contribution in [0.2, 0.25) is 0 Å². The SMILES string of the molecule is CNC(=O)C1COCCN1C(=O)c1cc(N)cc(Br)c1. The molecule has 0 bridgehead atoms. The van der Waals surface area contributed by atoms with E-state index in [0.29, 0.717) is 24.4 Å². The number of halogens is 1. The number of amides is 2. The zero-order valence-corrected chi connectivity index (χ0v) is 12.6. The summed E-state index contributed by atoms with van der Waals surface area (Å²) in [5, 5.41) is 2.55. The molecule has 108 valence electrons. The van der Waals surface area contributed by atoms with Crippen LogP contribution in [0.4, 0.5) is 5.69 Å². The number of nitrogens with one attached hydrogen (secondary N) is 1. The lowest BCUT2D eigenvalue weighted by atomic mass is 10.1. The fourth-order valence-corrected chi connectivity index (χ4v) is 2.64. The lowest BCUT2D eigenvalue weighted by Crippen LogP contribution is -2.55. The van der Waals surface area contributed by atoms with Crippen LogP contribution in [-0.2, 0) is 9.53 Å². The van der Waals surface area contributed by atoms with Gasteiger partial charge in [-0.15, -0.1) is 0 Å². The first-order chi connectivity index (χ1) is 9.52. The molecule has 2 rings (SSSR count). The number of likely N-dealkylation sites (N-methyl/N-ethyl adjacent to an activating group) is 1. The van der Waals surface area contributed by atoms with Crippen molar-refractivity contribution in [2.45, 2.75) is 6.04 Å². The van der Waals surface area contributed by atoms with Crippen LogP contribution in [0.25, 0.3) is 0 Å². The van der Waals surface area contributed by atoms with Gasteiger partial charge in [-0.25, -0.2) is 0 Å². The number of benzene rings is 1. The van der Waals surface area contributed by atoms with Crippen LogP contribution in [0.5, 0.6) is 0 Å². The maximum absolute atomic E-state index is 12.5. The summed E-state index contributed by atoms with van der Waals surface area (Å²) in [6.07, 6.45) is 0. The molecule has 0 aromatic heterocycles. The molecule has 0 radical (unpaired) electrons. The molecule has 1 fully saturated rings. The molecule has 3 N–H and O–H groups in total. The van der Waals surface area contributed by atoms with Crippen LogP contribution in [0.1, 0.15) is 10.4 Å². The number of carbonyl (C=O) groups excluding carboxylic acids is 2. The van der Waals surface area contributed by atoms with Crippen LogP contribution in [0, 0.1) is 0 Å². The molecule has 2 amide bonds. The molecule has 0 spiro atoms.